The van der Waals surface area contributed by atoms with Crippen molar-refractivity contribution in [3.63, 3.8) is 0 Å². The third-order valence-electron chi connectivity index (χ3n) is 4.91. The maximum absolute atomic E-state index is 12.9. The zero-order chi connectivity index (χ0) is 20.3. The molecule has 0 spiro atoms. The highest BCUT2D eigenvalue weighted by atomic mass is 32.2. The number of rotatable bonds is 6. The Bertz CT molecular complexity index is 983. The maximum Gasteiger partial charge on any atom is 0.233 e. The summed E-state index contributed by atoms with van der Waals surface area (Å²) in [5.74, 6) is 0.539. The van der Waals surface area contributed by atoms with Crippen LogP contribution in [0.5, 0.6) is 0 Å². The molecule has 0 bridgehead atoms. The summed E-state index contributed by atoms with van der Waals surface area (Å²) < 4.78 is 0. The SMILES string of the molecule is Cc1cc(C)c2nc(SCC(=O)N(Cc3ccccc3)C(C)C)cc(C)c2c1. The van der Waals surface area contributed by atoms with E-state index in [2.05, 4.69) is 65.0 Å². The first kappa shape index (κ1) is 20.4. The predicted molar refractivity (Wildman–Crippen MR) is 119 cm³/mol. The summed E-state index contributed by atoms with van der Waals surface area (Å²) in [5, 5.41) is 2.11. The second kappa shape index (κ2) is 8.78. The van der Waals surface area contributed by atoms with Gasteiger partial charge in [-0.05, 0) is 63.4 Å². The summed E-state index contributed by atoms with van der Waals surface area (Å²) in [6.45, 7) is 11.1. The molecule has 0 aliphatic heterocycles. The molecule has 1 heterocycles. The molecular formula is C24H28N2OS. The largest absolute Gasteiger partial charge is 0.335 e. The van der Waals surface area contributed by atoms with Gasteiger partial charge in [0.15, 0.2) is 0 Å². The summed E-state index contributed by atoms with van der Waals surface area (Å²) in [5.41, 5.74) is 5.82. The average molecular weight is 393 g/mol. The van der Waals surface area contributed by atoms with Crippen molar-refractivity contribution in [2.24, 2.45) is 0 Å². The Morgan fingerprint density at radius 3 is 2.43 bits per heavy atom. The summed E-state index contributed by atoms with van der Waals surface area (Å²) in [7, 11) is 0. The summed E-state index contributed by atoms with van der Waals surface area (Å²) in [6.07, 6.45) is 0. The number of aryl methyl sites for hydroxylation is 3. The van der Waals surface area contributed by atoms with Gasteiger partial charge in [-0.15, -0.1) is 0 Å². The number of nitrogens with zero attached hydrogens (tertiary/aromatic N) is 2. The fourth-order valence-corrected chi connectivity index (χ4v) is 4.30. The molecule has 3 rings (SSSR count). The van der Waals surface area contributed by atoms with Gasteiger partial charge < -0.3 is 4.90 Å². The first-order valence-electron chi connectivity index (χ1n) is 9.70. The molecule has 0 unspecified atom stereocenters. The van der Waals surface area contributed by atoms with Gasteiger partial charge in [-0.3, -0.25) is 4.79 Å². The normalized spacial score (nSPS) is 11.2. The van der Waals surface area contributed by atoms with E-state index in [1.54, 1.807) is 0 Å². The van der Waals surface area contributed by atoms with Crippen LogP contribution in [0.25, 0.3) is 10.9 Å². The van der Waals surface area contributed by atoms with Gasteiger partial charge in [0.25, 0.3) is 0 Å². The van der Waals surface area contributed by atoms with Gasteiger partial charge in [-0.2, -0.15) is 0 Å². The van der Waals surface area contributed by atoms with Crippen molar-refractivity contribution < 1.29 is 4.79 Å². The zero-order valence-corrected chi connectivity index (χ0v) is 18.1. The summed E-state index contributed by atoms with van der Waals surface area (Å²) in [4.78, 5) is 19.7. The number of hydrogen-bond donors (Lipinski definition) is 0. The highest BCUT2D eigenvalue weighted by Crippen LogP contribution is 2.27. The first-order chi connectivity index (χ1) is 13.3. The molecule has 0 aliphatic carbocycles. The monoisotopic (exact) mass is 392 g/mol. The van der Waals surface area contributed by atoms with Crippen LogP contribution in [0.15, 0.2) is 53.6 Å². The van der Waals surface area contributed by atoms with Gasteiger partial charge in [0.2, 0.25) is 5.91 Å². The predicted octanol–water partition coefficient (Wildman–Crippen LogP) is 5.69. The van der Waals surface area contributed by atoms with E-state index in [0.29, 0.717) is 12.3 Å². The number of hydrogen-bond acceptors (Lipinski definition) is 3. The zero-order valence-electron chi connectivity index (χ0n) is 17.3. The van der Waals surface area contributed by atoms with Crippen LogP contribution >= 0.6 is 11.8 Å². The highest BCUT2D eigenvalue weighted by Gasteiger charge is 2.18. The molecular weight excluding hydrogens is 364 g/mol. The van der Waals surface area contributed by atoms with Gasteiger partial charge in [-0.1, -0.05) is 53.7 Å². The second-order valence-electron chi connectivity index (χ2n) is 7.65. The molecule has 4 heteroatoms. The van der Waals surface area contributed by atoms with Crippen molar-refractivity contribution in [2.75, 3.05) is 5.75 Å². The third kappa shape index (κ3) is 4.74. The number of aromatic nitrogens is 1. The number of benzene rings is 2. The number of fused-ring (bicyclic) bond motifs is 1. The van der Waals surface area contributed by atoms with Crippen molar-refractivity contribution >= 4 is 28.6 Å². The lowest BCUT2D eigenvalue weighted by atomic mass is 10.0. The second-order valence-corrected chi connectivity index (χ2v) is 8.64. The number of carbonyl (C=O) groups excluding carboxylic acids is 1. The molecule has 0 atom stereocenters. The molecule has 3 nitrogen and oxygen atoms in total. The fraction of sp³-hybridized carbons (Fsp3) is 0.333. The van der Waals surface area contributed by atoms with Crippen LogP contribution in [0.3, 0.4) is 0 Å². The van der Waals surface area contributed by atoms with Crippen molar-refractivity contribution in [2.45, 2.75) is 52.2 Å². The minimum absolute atomic E-state index is 0.143. The molecule has 0 aliphatic rings. The van der Waals surface area contributed by atoms with Gasteiger partial charge in [0.1, 0.15) is 0 Å². The maximum atomic E-state index is 12.9. The van der Waals surface area contributed by atoms with E-state index in [9.17, 15) is 4.79 Å². The topological polar surface area (TPSA) is 33.2 Å². The van der Waals surface area contributed by atoms with Crippen LogP contribution in [-0.4, -0.2) is 27.6 Å². The Morgan fingerprint density at radius 1 is 1.04 bits per heavy atom. The van der Waals surface area contributed by atoms with E-state index in [0.717, 1.165) is 16.1 Å². The van der Waals surface area contributed by atoms with E-state index < -0.39 is 0 Å². The van der Waals surface area contributed by atoms with Crippen LogP contribution < -0.4 is 0 Å². The van der Waals surface area contributed by atoms with E-state index in [-0.39, 0.29) is 11.9 Å². The molecule has 0 saturated heterocycles. The van der Waals surface area contributed by atoms with Crippen molar-refractivity contribution in [1.29, 1.82) is 0 Å². The van der Waals surface area contributed by atoms with E-state index in [1.165, 1.54) is 33.8 Å². The molecule has 0 radical (unpaired) electrons. The van der Waals surface area contributed by atoms with E-state index in [4.69, 9.17) is 4.98 Å². The molecule has 0 saturated carbocycles. The van der Waals surface area contributed by atoms with Crippen molar-refractivity contribution in [3.05, 3.63) is 70.8 Å². The fourth-order valence-electron chi connectivity index (χ4n) is 3.45. The third-order valence-corrected chi connectivity index (χ3v) is 5.81. The van der Waals surface area contributed by atoms with Gasteiger partial charge in [0, 0.05) is 18.0 Å². The lowest BCUT2D eigenvalue weighted by Crippen LogP contribution is -2.37. The van der Waals surface area contributed by atoms with Gasteiger partial charge >= 0.3 is 0 Å². The van der Waals surface area contributed by atoms with Crippen LogP contribution in [0, 0.1) is 20.8 Å². The van der Waals surface area contributed by atoms with Crippen LogP contribution in [0.2, 0.25) is 0 Å². The van der Waals surface area contributed by atoms with Crippen molar-refractivity contribution in [1.82, 2.24) is 9.88 Å². The van der Waals surface area contributed by atoms with Crippen LogP contribution in [-0.2, 0) is 11.3 Å². The Labute approximate surface area is 172 Å². The van der Waals surface area contributed by atoms with Crippen molar-refractivity contribution in [3.8, 4) is 0 Å². The minimum atomic E-state index is 0.143. The Morgan fingerprint density at radius 2 is 1.75 bits per heavy atom. The first-order valence-corrected chi connectivity index (χ1v) is 10.7. The van der Waals surface area contributed by atoms with E-state index in [1.807, 2.05) is 23.1 Å². The van der Waals surface area contributed by atoms with Crippen LogP contribution in [0.1, 0.15) is 36.1 Å². The molecule has 2 aromatic carbocycles. The molecule has 3 aromatic rings. The van der Waals surface area contributed by atoms with Gasteiger partial charge in [0.05, 0.1) is 16.3 Å². The molecule has 1 amide bonds. The lowest BCUT2D eigenvalue weighted by Gasteiger charge is -2.27. The molecule has 0 N–H and O–H groups in total. The molecule has 1 aromatic heterocycles. The van der Waals surface area contributed by atoms with Gasteiger partial charge in [-0.25, -0.2) is 4.98 Å². The Balaban J connectivity index is 1.75. The summed E-state index contributed by atoms with van der Waals surface area (Å²) >= 11 is 1.52. The highest BCUT2D eigenvalue weighted by molar-refractivity contribution is 7.99. The number of carbonyl (C=O) groups is 1. The van der Waals surface area contributed by atoms with E-state index >= 15 is 0 Å². The molecule has 28 heavy (non-hydrogen) atoms. The quantitative estimate of drug-likeness (QED) is 0.505. The number of thioether (sulfide) groups is 1. The Kier molecular flexibility index (Phi) is 6.40. The molecule has 0 fully saturated rings. The standard InChI is InChI=1S/C24H28N2OS/c1-16(2)26(14-20-9-7-6-8-10-20)23(27)15-28-22-13-18(4)21-12-17(3)11-19(5)24(21)25-22/h6-13,16H,14-15H2,1-5H3. The Hall–Kier alpha value is -2.33. The minimum Gasteiger partial charge on any atom is -0.335 e. The summed E-state index contributed by atoms with van der Waals surface area (Å²) in [6, 6.07) is 16.7. The smallest absolute Gasteiger partial charge is 0.233 e. The molecule has 146 valence electrons. The number of pyridine rings is 1. The van der Waals surface area contributed by atoms with Crippen LogP contribution in [0.4, 0.5) is 0 Å². The number of amides is 1. The average Bonchev–Trinajstić information content (AvgIpc) is 2.65. The lowest BCUT2D eigenvalue weighted by molar-refractivity contribution is -0.130.